The Kier molecular flexibility index (Phi) is 3.80. The highest BCUT2D eigenvalue weighted by atomic mass is 35.5. The SMILES string of the molecule is Cc1ccc(C)c(CCC(C)Cl)c1. The Balaban J connectivity index is 2.70. The molecule has 1 rings (SSSR count). The largest absolute Gasteiger partial charge is 0.123 e. The Morgan fingerprint density at radius 3 is 2.62 bits per heavy atom. The maximum atomic E-state index is 5.92. The minimum absolute atomic E-state index is 0.278. The second kappa shape index (κ2) is 4.66. The van der Waals surface area contributed by atoms with E-state index in [0.29, 0.717) is 0 Å². The average molecular weight is 197 g/mol. The highest BCUT2D eigenvalue weighted by Gasteiger charge is 2.01. The van der Waals surface area contributed by atoms with Crippen LogP contribution in [-0.4, -0.2) is 5.38 Å². The lowest BCUT2D eigenvalue weighted by Crippen LogP contribution is -1.97. The molecule has 1 atom stereocenters. The van der Waals surface area contributed by atoms with Gasteiger partial charge in [-0.25, -0.2) is 0 Å². The van der Waals surface area contributed by atoms with E-state index < -0.39 is 0 Å². The highest BCUT2D eigenvalue weighted by molar-refractivity contribution is 6.20. The summed E-state index contributed by atoms with van der Waals surface area (Å²) < 4.78 is 0. The normalized spacial score (nSPS) is 12.9. The molecule has 0 fully saturated rings. The van der Waals surface area contributed by atoms with Crippen LogP contribution in [0.2, 0.25) is 0 Å². The van der Waals surface area contributed by atoms with Gasteiger partial charge in [-0.1, -0.05) is 23.8 Å². The van der Waals surface area contributed by atoms with Gasteiger partial charge in [-0.2, -0.15) is 0 Å². The summed E-state index contributed by atoms with van der Waals surface area (Å²) >= 11 is 5.92. The zero-order valence-corrected chi connectivity index (χ0v) is 9.36. The molecule has 0 aromatic heterocycles. The molecule has 1 aromatic carbocycles. The summed E-state index contributed by atoms with van der Waals surface area (Å²) in [5, 5.41) is 0.278. The third-order valence-corrected chi connectivity index (χ3v) is 2.53. The van der Waals surface area contributed by atoms with Crippen LogP contribution in [0.4, 0.5) is 0 Å². The van der Waals surface area contributed by atoms with Gasteiger partial charge in [0.05, 0.1) is 0 Å². The first kappa shape index (κ1) is 10.6. The van der Waals surface area contributed by atoms with Crippen LogP contribution in [0.5, 0.6) is 0 Å². The molecular weight excluding hydrogens is 180 g/mol. The molecule has 1 aromatic rings. The molecule has 13 heavy (non-hydrogen) atoms. The van der Waals surface area contributed by atoms with Gasteiger partial charge in [0.25, 0.3) is 0 Å². The molecule has 0 bridgehead atoms. The summed E-state index contributed by atoms with van der Waals surface area (Å²) in [6.07, 6.45) is 2.16. The van der Waals surface area contributed by atoms with E-state index in [1.54, 1.807) is 0 Å². The van der Waals surface area contributed by atoms with Gasteiger partial charge in [-0.05, 0) is 44.7 Å². The fourth-order valence-corrected chi connectivity index (χ4v) is 1.53. The first-order chi connectivity index (χ1) is 6.09. The van der Waals surface area contributed by atoms with E-state index in [1.807, 2.05) is 6.92 Å². The summed E-state index contributed by atoms with van der Waals surface area (Å²) in [7, 11) is 0. The summed E-state index contributed by atoms with van der Waals surface area (Å²) in [5.41, 5.74) is 4.15. The minimum atomic E-state index is 0.278. The second-order valence-corrected chi connectivity index (χ2v) is 4.49. The monoisotopic (exact) mass is 196 g/mol. The van der Waals surface area contributed by atoms with Gasteiger partial charge >= 0.3 is 0 Å². The number of halogens is 1. The van der Waals surface area contributed by atoms with E-state index in [1.165, 1.54) is 16.7 Å². The standard InChI is InChI=1S/C12H17Cl/c1-9-4-5-10(2)12(8-9)7-6-11(3)13/h4-5,8,11H,6-7H2,1-3H3. The summed E-state index contributed by atoms with van der Waals surface area (Å²) in [5.74, 6) is 0. The Morgan fingerprint density at radius 1 is 1.31 bits per heavy atom. The Morgan fingerprint density at radius 2 is 2.00 bits per heavy atom. The molecule has 0 spiro atoms. The van der Waals surface area contributed by atoms with E-state index in [-0.39, 0.29) is 5.38 Å². The topological polar surface area (TPSA) is 0 Å². The zero-order chi connectivity index (χ0) is 9.84. The summed E-state index contributed by atoms with van der Waals surface area (Å²) in [4.78, 5) is 0. The molecule has 0 aliphatic carbocycles. The number of alkyl halides is 1. The number of hydrogen-bond donors (Lipinski definition) is 0. The van der Waals surface area contributed by atoms with Crippen molar-refractivity contribution in [2.45, 2.75) is 39.0 Å². The van der Waals surface area contributed by atoms with Crippen molar-refractivity contribution in [3.63, 3.8) is 0 Å². The van der Waals surface area contributed by atoms with Crippen molar-refractivity contribution in [3.8, 4) is 0 Å². The van der Waals surface area contributed by atoms with Crippen LogP contribution in [0.3, 0.4) is 0 Å². The van der Waals surface area contributed by atoms with Crippen LogP contribution in [0.15, 0.2) is 18.2 Å². The van der Waals surface area contributed by atoms with Crippen LogP contribution in [0.25, 0.3) is 0 Å². The van der Waals surface area contributed by atoms with E-state index in [0.717, 1.165) is 12.8 Å². The van der Waals surface area contributed by atoms with Gasteiger partial charge in [0.2, 0.25) is 0 Å². The summed E-state index contributed by atoms with van der Waals surface area (Å²) in [6, 6.07) is 6.60. The second-order valence-electron chi connectivity index (χ2n) is 3.75. The zero-order valence-electron chi connectivity index (χ0n) is 8.60. The molecule has 1 unspecified atom stereocenters. The van der Waals surface area contributed by atoms with E-state index >= 15 is 0 Å². The van der Waals surface area contributed by atoms with Gasteiger partial charge in [-0.15, -0.1) is 11.6 Å². The van der Waals surface area contributed by atoms with E-state index in [9.17, 15) is 0 Å². The smallest absolute Gasteiger partial charge is 0.0311 e. The van der Waals surface area contributed by atoms with Crippen molar-refractivity contribution >= 4 is 11.6 Å². The Bertz CT molecular complexity index is 276. The Hall–Kier alpha value is -0.490. The molecule has 0 aliphatic rings. The predicted octanol–water partition coefficient (Wildman–Crippen LogP) is 3.86. The van der Waals surface area contributed by atoms with Crippen molar-refractivity contribution in [2.24, 2.45) is 0 Å². The third kappa shape index (κ3) is 3.40. The molecule has 0 nitrogen and oxygen atoms in total. The molecule has 0 aliphatic heterocycles. The van der Waals surface area contributed by atoms with Crippen LogP contribution < -0.4 is 0 Å². The maximum Gasteiger partial charge on any atom is 0.0311 e. The van der Waals surface area contributed by atoms with Crippen molar-refractivity contribution in [3.05, 3.63) is 34.9 Å². The number of benzene rings is 1. The molecular formula is C12H17Cl. The average Bonchev–Trinajstić information content (AvgIpc) is 2.06. The van der Waals surface area contributed by atoms with Crippen LogP contribution in [0.1, 0.15) is 30.0 Å². The van der Waals surface area contributed by atoms with Gasteiger partial charge in [0.15, 0.2) is 0 Å². The maximum absolute atomic E-state index is 5.92. The molecule has 0 saturated heterocycles. The first-order valence-electron chi connectivity index (χ1n) is 4.80. The van der Waals surface area contributed by atoms with E-state index in [4.69, 9.17) is 11.6 Å². The van der Waals surface area contributed by atoms with Crippen LogP contribution in [-0.2, 0) is 6.42 Å². The van der Waals surface area contributed by atoms with Gasteiger partial charge in [0, 0.05) is 5.38 Å². The molecule has 1 heteroatoms. The van der Waals surface area contributed by atoms with Crippen molar-refractivity contribution in [1.82, 2.24) is 0 Å². The van der Waals surface area contributed by atoms with Crippen molar-refractivity contribution in [2.75, 3.05) is 0 Å². The molecule has 0 saturated carbocycles. The summed E-state index contributed by atoms with van der Waals surface area (Å²) in [6.45, 7) is 6.34. The van der Waals surface area contributed by atoms with Crippen molar-refractivity contribution in [1.29, 1.82) is 0 Å². The molecule has 0 heterocycles. The molecule has 72 valence electrons. The third-order valence-electron chi connectivity index (χ3n) is 2.32. The predicted molar refractivity (Wildman–Crippen MR) is 59.6 cm³/mol. The number of aryl methyl sites for hydroxylation is 3. The lowest BCUT2D eigenvalue weighted by Gasteiger charge is -2.07. The van der Waals surface area contributed by atoms with Crippen LogP contribution >= 0.6 is 11.6 Å². The molecule has 0 amide bonds. The first-order valence-corrected chi connectivity index (χ1v) is 5.23. The number of hydrogen-bond acceptors (Lipinski definition) is 0. The minimum Gasteiger partial charge on any atom is -0.123 e. The molecule has 0 radical (unpaired) electrons. The van der Waals surface area contributed by atoms with Gasteiger partial charge < -0.3 is 0 Å². The van der Waals surface area contributed by atoms with Gasteiger partial charge in [-0.3, -0.25) is 0 Å². The molecule has 0 N–H and O–H groups in total. The quantitative estimate of drug-likeness (QED) is 0.644. The van der Waals surface area contributed by atoms with E-state index in [2.05, 4.69) is 32.0 Å². The van der Waals surface area contributed by atoms with Crippen molar-refractivity contribution < 1.29 is 0 Å². The lowest BCUT2D eigenvalue weighted by molar-refractivity contribution is 0.798. The number of rotatable bonds is 3. The fraction of sp³-hybridized carbons (Fsp3) is 0.500. The van der Waals surface area contributed by atoms with Gasteiger partial charge in [0.1, 0.15) is 0 Å². The lowest BCUT2D eigenvalue weighted by atomic mass is 10.0. The Labute approximate surface area is 85.9 Å². The highest BCUT2D eigenvalue weighted by Crippen LogP contribution is 2.14. The van der Waals surface area contributed by atoms with Crippen LogP contribution in [0, 0.1) is 13.8 Å². The fourth-order valence-electron chi connectivity index (χ4n) is 1.42.